The SMILES string of the molecule is O=C1CCCC2=C1C(c1ccc(Cl)c(Cl)c1)CC(=O)N2c1cc(Cl)cc(Cl)c1. The summed E-state index contributed by atoms with van der Waals surface area (Å²) in [6, 6.07) is 10.2. The summed E-state index contributed by atoms with van der Waals surface area (Å²) in [5, 5.41) is 1.71. The lowest BCUT2D eigenvalue weighted by Gasteiger charge is -2.38. The number of carbonyl (C=O) groups excluding carboxylic acids is 2. The standard InChI is InChI=1S/C21H15Cl4NO2/c22-12-7-13(23)9-14(8-12)26-18-2-1-3-19(27)21(18)15(10-20(26)28)11-4-5-16(24)17(25)6-11/h4-9,15H,1-3,10H2. The number of allylic oxidation sites excluding steroid dienone is 2. The molecule has 1 aliphatic heterocycles. The second kappa shape index (κ2) is 7.72. The summed E-state index contributed by atoms with van der Waals surface area (Å²) in [4.78, 5) is 27.6. The normalized spacial score (nSPS) is 19.9. The first-order chi connectivity index (χ1) is 13.3. The van der Waals surface area contributed by atoms with Gasteiger partial charge in [-0.05, 0) is 48.7 Å². The van der Waals surface area contributed by atoms with E-state index in [-0.39, 0.29) is 24.0 Å². The Morgan fingerprint density at radius 2 is 1.57 bits per heavy atom. The molecule has 0 saturated heterocycles. The lowest BCUT2D eigenvalue weighted by atomic mass is 9.77. The van der Waals surface area contributed by atoms with Crippen molar-refractivity contribution in [3.8, 4) is 0 Å². The van der Waals surface area contributed by atoms with E-state index in [9.17, 15) is 9.59 Å². The second-order valence-electron chi connectivity index (χ2n) is 6.92. The Kier molecular flexibility index (Phi) is 5.45. The number of amides is 1. The first-order valence-corrected chi connectivity index (χ1v) is 10.4. The van der Waals surface area contributed by atoms with Gasteiger partial charge in [-0.25, -0.2) is 0 Å². The molecule has 3 nitrogen and oxygen atoms in total. The highest BCUT2D eigenvalue weighted by atomic mass is 35.5. The lowest BCUT2D eigenvalue weighted by Crippen LogP contribution is -2.40. The largest absolute Gasteiger partial charge is 0.294 e. The predicted molar refractivity (Wildman–Crippen MR) is 114 cm³/mol. The molecule has 0 aromatic heterocycles. The molecule has 144 valence electrons. The van der Waals surface area contributed by atoms with Crippen LogP contribution in [0.15, 0.2) is 47.7 Å². The lowest BCUT2D eigenvalue weighted by molar-refractivity contribution is -0.119. The van der Waals surface area contributed by atoms with E-state index in [1.54, 1.807) is 35.2 Å². The topological polar surface area (TPSA) is 37.4 Å². The van der Waals surface area contributed by atoms with E-state index in [2.05, 4.69) is 0 Å². The van der Waals surface area contributed by atoms with Crippen LogP contribution in [0.5, 0.6) is 0 Å². The highest BCUT2D eigenvalue weighted by Crippen LogP contribution is 2.44. The van der Waals surface area contributed by atoms with Crippen LogP contribution in [0, 0.1) is 0 Å². The Bertz CT molecular complexity index is 1010. The average Bonchev–Trinajstić information content (AvgIpc) is 2.62. The summed E-state index contributed by atoms with van der Waals surface area (Å²) < 4.78 is 0. The molecule has 2 aromatic carbocycles. The predicted octanol–water partition coefficient (Wildman–Crippen LogP) is 6.83. The van der Waals surface area contributed by atoms with Crippen molar-refractivity contribution in [2.45, 2.75) is 31.6 Å². The highest BCUT2D eigenvalue weighted by Gasteiger charge is 2.39. The molecule has 2 aromatic rings. The molecule has 1 atom stereocenters. The van der Waals surface area contributed by atoms with Crippen LogP contribution in [0.2, 0.25) is 20.1 Å². The van der Waals surface area contributed by atoms with Crippen LogP contribution < -0.4 is 4.90 Å². The maximum absolute atomic E-state index is 13.1. The number of carbonyl (C=O) groups is 2. The molecule has 1 unspecified atom stereocenters. The van der Waals surface area contributed by atoms with Crippen molar-refractivity contribution in [3.63, 3.8) is 0 Å². The molecule has 1 aliphatic carbocycles. The van der Waals surface area contributed by atoms with E-state index in [0.29, 0.717) is 50.6 Å². The van der Waals surface area contributed by atoms with Gasteiger partial charge in [-0.1, -0.05) is 52.5 Å². The molecule has 0 radical (unpaired) electrons. The van der Waals surface area contributed by atoms with Gasteiger partial charge in [-0.2, -0.15) is 0 Å². The number of hydrogen-bond donors (Lipinski definition) is 0. The van der Waals surface area contributed by atoms with Crippen molar-refractivity contribution in [3.05, 3.63) is 73.3 Å². The summed E-state index contributed by atoms with van der Waals surface area (Å²) in [6.45, 7) is 0. The number of nitrogens with zero attached hydrogens (tertiary/aromatic N) is 1. The van der Waals surface area contributed by atoms with Crippen LogP contribution in [0.4, 0.5) is 5.69 Å². The molecule has 0 bridgehead atoms. The van der Waals surface area contributed by atoms with E-state index in [1.807, 2.05) is 6.07 Å². The zero-order chi connectivity index (χ0) is 20.0. The monoisotopic (exact) mass is 453 g/mol. The fourth-order valence-electron chi connectivity index (χ4n) is 3.97. The third-order valence-electron chi connectivity index (χ3n) is 5.13. The number of ketones is 1. The van der Waals surface area contributed by atoms with Gasteiger partial charge >= 0.3 is 0 Å². The Labute approximate surface area is 182 Å². The third kappa shape index (κ3) is 3.57. The number of benzene rings is 2. The molecule has 2 aliphatic rings. The van der Waals surface area contributed by atoms with Crippen molar-refractivity contribution in [2.24, 2.45) is 0 Å². The maximum atomic E-state index is 13.1. The summed E-state index contributed by atoms with van der Waals surface area (Å²) in [5.74, 6) is -0.387. The fraction of sp³-hybridized carbons (Fsp3) is 0.238. The number of halogens is 4. The van der Waals surface area contributed by atoms with E-state index >= 15 is 0 Å². The van der Waals surface area contributed by atoms with Crippen molar-refractivity contribution in [1.29, 1.82) is 0 Å². The van der Waals surface area contributed by atoms with Gasteiger partial charge in [0, 0.05) is 40.1 Å². The Morgan fingerprint density at radius 1 is 0.857 bits per heavy atom. The molecule has 7 heteroatoms. The molecule has 0 fully saturated rings. The number of hydrogen-bond acceptors (Lipinski definition) is 2. The molecule has 0 saturated carbocycles. The van der Waals surface area contributed by atoms with Crippen LogP contribution in [0.25, 0.3) is 0 Å². The van der Waals surface area contributed by atoms with Gasteiger partial charge in [-0.15, -0.1) is 0 Å². The van der Waals surface area contributed by atoms with Crippen LogP contribution in [-0.2, 0) is 9.59 Å². The zero-order valence-electron chi connectivity index (χ0n) is 14.6. The summed E-state index contributed by atoms with van der Waals surface area (Å²) in [7, 11) is 0. The fourth-order valence-corrected chi connectivity index (χ4v) is 4.80. The molecule has 1 amide bonds. The van der Waals surface area contributed by atoms with E-state index in [1.165, 1.54) is 0 Å². The Morgan fingerprint density at radius 3 is 2.25 bits per heavy atom. The van der Waals surface area contributed by atoms with Gasteiger partial charge in [0.25, 0.3) is 0 Å². The van der Waals surface area contributed by atoms with Crippen LogP contribution in [0.3, 0.4) is 0 Å². The number of anilines is 1. The summed E-state index contributed by atoms with van der Waals surface area (Å²) in [5.41, 5.74) is 2.79. The van der Waals surface area contributed by atoms with Crippen LogP contribution >= 0.6 is 46.4 Å². The van der Waals surface area contributed by atoms with Crippen molar-refractivity contribution < 1.29 is 9.59 Å². The third-order valence-corrected chi connectivity index (χ3v) is 6.30. The summed E-state index contributed by atoms with van der Waals surface area (Å²) >= 11 is 24.5. The molecule has 0 N–H and O–H groups in total. The Hall–Kier alpha value is -1.52. The molecule has 0 spiro atoms. The molecular weight excluding hydrogens is 440 g/mol. The average molecular weight is 455 g/mol. The minimum Gasteiger partial charge on any atom is -0.294 e. The highest BCUT2D eigenvalue weighted by molar-refractivity contribution is 6.42. The van der Waals surface area contributed by atoms with Crippen molar-refractivity contribution >= 4 is 63.8 Å². The van der Waals surface area contributed by atoms with Gasteiger partial charge in [0.2, 0.25) is 5.91 Å². The molecule has 4 rings (SSSR count). The van der Waals surface area contributed by atoms with Gasteiger partial charge in [0.15, 0.2) is 5.78 Å². The van der Waals surface area contributed by atoms with Crippen molar-refractivity contribution in [1.82, 2.24) is 0 Å². The van der Waals surface area contributed by atoms with E-state index in [4.69, 9.17) is 46.4 Å². The minimum absolute atomic E-state index is 0.0583. The molecular formula is C21H15Cl4NO2. The van der Waals surface area contributed by atoms with Crippen LogP contribution in [0.1, 0.15) is 37.2 Å². The quantitative estimate of drug-likeness (QED) is 0.498. The number of Topliss-reactive ketones (excluding diaryl/α,β-unsaturated/α-hetero) is 1. The maximum Gasteiger partial charge on any atom is 0.232 e. The second-order valence-corrected chi connectivity index (χ2v) is 8.61. The first kappa shape index (κ1) is 19.8. The minimum atomic E-state index is -0.337. The van der Waals surface area contributed by atoms with Gasteiger partial charge in [-0.3, -0.25) is 14.5 Å². The number of rotatable bonds is 2. The van der Waals surface area contributed by atoms with Gasteiger partial charge in [0.1, 0.15) is 0 Å². The molecule has 1 heterocycles. The Balaban J connectivity index is 1.88. The van der Waals surface area contributed by atoms with Crippen LogP contribution in [-0.4, -0.2) is 11.7 Å². The first-order valence-electron chi connectivity index (χ1n) is 8.85. The van der Waals surface area contributed by atoms with E-state index < -0.39 is 0 Å². The van der Waals surface area contributed by atoms with Crippen molar-refractivity contribution in [2.75, 3.05) is 4.90 Å². The van der Waals surface area contributed by atoms with Gasteiger partial charge in [0.05, 0.1) is 15.7 Å². The summed E-state index contributed by atoms with van der Waals surface area (Å²) in [6.07, 6.45) is 1.96. The van der Waals surface area contributed by atoms with E-state index in [0.717, 1.165) is 11.3 Å². The van der Waals surface area contributed by atoms with Gasteiger partial charge < -0.3 is 0 Å². The zero-order valence-corrected chi connectivity index (χ0v) is 17.7. The smallest absolute Gasteiger partial charge is 0.232 e. The molecule has 28 heavy (non-hydrogen) atoms.